The molecule has 0 amide bonds. The van der Waals surface area contributed by atoms with E-state index in [4.69, 9.17) is 0 Å². The largest absolute Gasteiger partial charge is 0.0651 e. The second-order valence-corrected chi connectivity index (χ2v) is 7.42. The summed E-state index contributed by atoms with van der Waals surface area (Å²) in [5.74, 6) is 1.70. The minimum absolute atomic E-state index is 0.485. The minimum atomic E-state index is 0.485. The van der Waals surface area contributed by atoms with Crippen LogP contribution in [0, 0.1) is 22.7 Å². The molecule has 0 heteroatoms. The van der Waals surface area contributed by atoms with Gasteiger partial charge in [0.05, 0.1) is 0 Å². The van der Waals surface area contributed by atoms with Crippen LogP contribution in [0.2, 0.25) is 0 Å². The smallest absolute Gasteiger partial charge is 0.0321 e. The molecule has 0 aromatic carbocycles. The van der Waals surface area contributed by atoms with Crippen LogP contribution in [-0.2, 0) is 0 Å². The van der Waals surface area contributed by atoms with Gasteiger partial charge >= 0.3 is 0 Å². The summed E-state index contributed by atoms with van der Waals surface area (Å²) in [7, 11) is 0. The van der Waals surface area contributed by atoms with E-state index in [1.165, 1.54) is 25.7 Å². The highest BCUT2D eigenvalue weighted by atomic mass is 14.4. The van der Waals surface area contributed by atoms with Gasteiger partial charge in [-0.05, 0) is 35.5 Å². The summed E-state index contributed by atoms with van der Waals surface area (Å²) in [5.41, 5.74) is 0.979. The summed E-state index contributed by atoms with van der Waals surface area (Å²) < 4.78 is 0. The van der Waals surface area contributed by atoms with Gasteiger partial charge < -0.3 is 0 Å². The lowest BCUT2D eigenvalue weighted by molar-refractivity contribution is 0.0987. The van der Waals surface area contributed by atoms with E-state index in [1.807, 2.05) is 0 Å². The highest BCUT2D eigenvalue weighted by Crippen LogP contribution is 2.44. The second-order valence-electron chi connectivity index (χ2n) is 7.42. The van der Waals surface area contributed by atoms with E-state index in [2.05, 4.69) is 55.4 Å². The zero-order valence-electron chi connectivity index (χ0n) is 13.0. The van der Waals surface area contributed by atoms with Crippen LogP contribution < -0.4 is 0 Å². The number of rotatable bonds is 7. The predicted molar refractivity (Wildman–Crippen MR) is 75.7 cm³/mol. The average Bonchev–Trinajstić information content (AvgIpc) is 2.12. The van der Waals surface area contributed by atoms with Crippen LogP contribution in [-0.4, -0.2) is 0 Å². The Labute approximate surface area is 104 Å². The fourth-order valence-electron chi connectivity index (χ4n) is 3.11. The van der Waals surface area contributed by atoms with Crippen LogP contribution in [0.1, 0.15) is 81.1 Å². The molecule has 0 fully saturated rings. The fourth-order valence-corrected chi connectivity index (χ4v) is 3.11. The molecule has 0 spiro atoms. The average molecular weight is 226 g/mol. The van der Waals surface area contributed by atoms with Gasteiger partial charge in [-0.15, -0.1) is 0 Å². The Balaban J connectivity index is 4.59. The molecule has 0 saturated carbocycles. The third kappa shape index (κ3) is 5.37. The van der Waals surface area contributed by atoms with Gasteiger partial charge in [0.25, 0.3) is 0 Å². The first-order valence-corrected chi connectivity index (χ1v) is 7.14. The van der Waals surface area contributed by atoms with Crippen molar-refractivity contribution < 1.29 is 0 Å². The van der Waals surface area contributed by atoms with Crippen molar-refractivity contribution in [2.45, 2.75) is 81.1 Å². The van der Waals surface area contributed by atoms with E-state index >= 15 is 0 Å². The Morgan fingerprint density at radius 1 is 0.938 bits per heavy atom. The van der Waals surface area contributed by atoms with Crippen molar-refractivity contribution in [1.29, 1.82) is 0 Å². The van der Waals surface area contributed by atoms with Crippen molar-refractivity contribution in [2.75, 3.05) is 0 Å². The first-order chi connectivity index (χ1) is 7.14. The van der Waals surface area contributed by atoms with Gasteiger partial charge in [-0.3, -0.25) is 0 Å². The molecule has 98 valence electrons. The lowest BCUT2D eigenvalue weighted by Crippen LogP contribution is -2.30. The maximum absolute atomic E-state index is 2.47. The third-order valence-electron chi connectivity index (χ3n) is 4.25. The Hall–Kier alpha value is 0. The fraction of sp³-hybridized carbons (Fsp3) is 1.00. The molecule has 0 aliphatic heterocycles. The Morgan fingerprint density at radius 3 is 1.75 bits per heavy atom. The van der Waals surface area contributed by atoms with E-state index in [9.17, 15) is 0 Å². The van der Waals surface area contributed by atoms with E-state index in [0.717, 1.165) is 11.8 Å². The second kappa shape index (κ2) is 6.07. The molecule has 0 bridgehead atoms. The highest BCUT2D eigenvalue weighted by molar-refractivity contribution is 4.84. The maximum Gasteiger partial charge on any atom is -0.0321 e. The van der Waals surface area contributed by atoms with E-state index in [0.29, 0.717) is 10.8 Å². The van der Waals surface area contributed by atoms with Crippen molar-refractivity contribution in [3.05, 3.63) is 0 Å². The van der Waals surface area contributed by atoms with Gasteiger partial charge in [0, 0.05) is 0 Å². The predicted octanol–water partition coefficient (Wildman–Crippen LogP) is 5.91. The molecule has 0 heterocycles. The summed E-state index contributed by atoms with van der Waals surface area (Å²) in [6.45, 7) is 19.1. The molecule has 16 heavy (non-hydrogen) atoms. The first-order valence-electron chi connectivity index (χ1n) is 7.14. The standard InChI is InChI=1S/C16H34/c1-9-14(11-13(3)4)16(7,8)12-15(5,6)10-2/h13-14H,9-12H2,1-8H3. The topological polar surface area (TPSA) is 0 Å². The zero-order chi connectivity index (χ0) is 13.0. The van der Waals surface area contributed by atoms with Crippen LogP contribution in [0.4, 0.5) is 0 Å². The normalized spacial score (nSPS) is 15.6. The monoisotopic (exact) mass is 226 g/mol. The maximum atomic E-state index is 2.47. The minimum Gasteiger partial charge on any atom is -0.0651 e. The van der Waals surface area contributed by atoms with Gasteiger partial charge in [-0.2, -0.15) is 0 Å². The SMILES string of the molecule is CCC(CC(C)C)C(C)(C)CC(C)(C)CC. The molecule has 1 unspecified atom stereocenters. The zero-order valence-corrected chi connectivity index (χ0v) is 13.0. The quantitative estimate of drug-likeness (QED) is 0.506. The molecule has 0 aromatic rings. The van der Waals surface area contributed by atoms with Crippen LogP contribution >= 0.6 is 0 Å². The first kappa shape index (κ1) is 16.0. The molecule has 0 aromatic heterocycles. The molecule has 0 aliphatic carbocycles. The lowest BCUT2D eigenvalue weighted by atomic mass is 9.65. The van der Waals surface area contributed by atoms with Crippen LogP contribution in [0.5, 0.6) is 0 Å². The number of hydrogen-bond donors (Lipinski definition) is 0. The Kier molecular flexibility index (Phi) is 6.07. The van der Waals surface area contributed by atoms with Crippen molar-refractivity contribution in [2.24, 2.45) is 22.7 Å². The van der Waals surface area contributed by atoms with E-state index < -0.39 is 0 Å². The molecule has 0 aliphatic rings. The Morgan fingerprint density at radius 2 is 1.44 bits per heavy atom. The molecular weight excluding hydrogens is 192 g/mol. The molecule has 1 atom stereocenters. The highest BCUT2D eigenvalue weighted by Gasteiger charge is 2.33. The van der Waals surface area contributed by atoms with E-state index in [-0.39, 0.29) is 0 Å². The van der Waals surface area contributed by atoms with Crippen molar-refractivity contribution in [3.8, 4) is 0 Å². The van der Waals surface area contributed by atoms with Gasteiger partial charge in [-0.25, -0.2) is 0 Å². The number of hydrogen-bond acceptors (Lipinski definition) is 0. The summed E-state index contributed by atoms with van der Waals surface area (Å²) >= 11 is 0. The summed E-state index contributed by atoms with van der Waals surface area (Å²) in [6, 6.07) is 0. The summed E-state index contributed by atoms with van der Waals surface area (Å²) in [5, 5.41) is 0. The van der Waals surface area contributed by atoms with Crippen molar-refractivity contribution in [3.63, 3.8) is 0 Å². The van der Waals surface area contributed by atoms with Crippen LogP contribution in [0.15, 0.2) is 0 Å². The van der Waals surface area contributed by atoms with Gasteiger partial charge in [0.1, 0.15) is 0 Å². The molecule has 0 saturated heterocycles. The molecule has 0 N–H and O–H groups in total. The summed E-state index contributed by atoms with van der Waals surface area (Å²) in [4.78, 5) is 0. The van der Waals surface area contributed by atoms with Gasteiger partial charge in [-0.1, -0.05) is 68.2 Å². The molecule has 0 rings (SSSR count). The van der Waals surface area contributed by atoms with Crippen LogP contribution in [0.25, 0.3) is 0 Å². The van der Waals surface area contributed by atoms with Crippen LogP contribution in [0.3, 0.4) is 0 Å². The Bertz CT molecular complexity index is 186. The van der Waals surface area contributed by atoms with Gasteiger partial charge in [0.15, 0.2) is 0 Å². The van der Waals surface area contributed by atoms with Gasteiger partial charge in [0.2, 0.25) is 0 Å². The van der Waals surface area contributed by atoms with E-state index in [1.54, 1.807) is 0 Å². The van der Waals surface area contributed by atoms with Crippen molar-refractivity contribution >= 4 is 0 Å². The summed E-state index contributed by atoms with van der Waals surface area (Å²) in [6.07, 6.45) is 5.34. The molecular formula is C16H34. The molecule has 0 nitrogen and oxygen atoms in total. The lowest BCUT2D eigenvalue weighted by Gasteiger charge is -2.41. The third-order valence-corrected chi connectivity index (χ3v) is 4.25. The molecule has 0 radical (unpaired) electrons. The van der Waals surface area contributed by atoms with Crippen molar-refractivity contribution in [1.82, 2.24) is 0 Å².